The van der Waals surface area contributed by atoms with Gasteiger partial charge in [0.05, 0.1) is 12.7 Å². The number of hydrogen-bond acceptors (Lipinski definition) is 5. The smallest absolute Gasteiger partial charge is 0.335 e. The first-order valence-electron chi connectivity index (χ1n) is 5.58. The number of hydrogen-bond donors (Lipinski definition) is 1. The van der Waals surface area contributed by atoms with E-state index in [9.17, 15) is 4.79 Å². The highest BCUT2D eigenvalue weighted by molar-refractivity contribution is 5.73. The number of carboxylic acid groups (broad SMARTS) is 1. The minimum Gasteiger partial charge on any atom is -0.479 e. The van der Waals surface area contributed by atoms with Crippen molar-refractivity contribution >= 4 is 5.97 Å². The van der Waals surface area contributed by atoms with Gasteiger partial charge in [-0.25, -0.2) is 4.79 Å². The number of ether oxygens (including phenoxy) is 4. The molecule has 2 aliphatic rings. The van der Waals surface area contributed by atoms with Crippen molar-refractivity contribution in [1.29, 1.82) is 0 Å². The molecule has 2 aliphatic heterocycles. The van der Waals surface area contributed by atoms with Crippen LogP contribution >= 0.6 is 0 Å². The summed E-state index contributed by atoms with van der Waals surface area (Å²) in [5.74, 6) is -1.03. The highest BCUT2D eigenvalue weighted by Gasteiger charge is 2.52. The summed E-state index contributed by atoms with van der Waals surface area (Å²) in [6.45, 7) is 4.39. The van der Waals surface area contributed by atoms with Crippen LogP contribution in [0.2, 0.25) is 0 Å². The number of rotatable bonds is 2. The second-order valence-electron chi connectivity index (χ2n) is 5.10. The standard InChI is InChI=1S/C11H18O6/c1-11(2)4-15-6-7(9(11)14-3)16-5-17-8(6)10(12)13/h6-9H,4-5H2,1-3H3,(H,12,13)/t6-,7-,8-,9+/m0/s1. The average molecular weight is 246 g/mol. The molecule has 0 aromatic heterocycles. The van der Waals surface area contributed by atoms with Crippen LogP contribution in [0.1, 0.15) is 13.8 Å². The van der Waals surface area contributed by atoms with Crippen molar-refractivity contribution in [2.45, 2.75) is 38.3 Å². The lowest BCUT2D eigenvalue weighted by Crippen LogP contribution is -2.63. The molecule has 6 heteroatoms. The fourth-order valence-electron chi connectivity index (χ4n) is 2.50. The summed E-state index contributed by atoms with van der Waals surface area (Å²) in [7, 11) is 1.60. The summed E-state index contributed by atoms with van der Waals surface area (Å²) in [5.41, 5.74) is -0.212. The molecule has 6 nitrogen and oxygen atoms in total. The highest BCUT2D eigenvalue weighted by Crippen LogP contribution is 2.37. The maximum absolute atomic E-state index is 11.1. The molecule has 0 spiro atoms. The van der Waals surface area contributed by atoms with Gasteiger partial charge in [-0.15, -0.1) is 0 Å². The Morgan fingerprint density at radius 2 is 2.00 bits per heavy atom. The molecule has 4 atom stereocenters. The Labute approximate surface area is 99.8 Å². The topological polar surface area (TPSA) is 74.2 Å². The number of carboxylic acids is 1. The maximum Gasteiger partial charge on any atom is 0.335 e. The van der Waals surface area contributed by atoms with E-state index in [1.165, 1.54) is 0 Å². The zero-order chi connectivity index (χ0) is 12.6. The van der Waals surface area contributed by atoms with Crippen LogP contribution in [-0.2, 0) is 23.7 Å². The average Bonchev–Trinajstić information content (AvgIpc) is 2.27. The fourth-order valence-corrected chi connectivity index (χ4v) is 2.50. The molecule has 0 aromatic rings. The van der Waals surface area contributed by atoms with Gasteiger partial charge in [0.2, 0.25) is 0 Å². The van der Waals surface area contributed by atoms with E-state index in [1.54, 1.807) is 7.11 Å². The third-order valence-electron chi connectivity index (χ3n) is 3.34. The van der Waals surface area contributed by atoms with Crippen molar-refractivity contribution in [3.63, 3.8) is 0 Å². The Morgan fingerprint density at radius 1 is 1.29 bits per heavy atom. The fraction of sp³-hybridized carbons (Fsp3) is 0.909. The molecule has 2 fully saturated rings. The first-order chi connectivity index (χ1) is 7.97. The lowest BCUT2D eigenvalue weighted by Gasteiger charge is -2.49. The van der Waals surface area contributed by atoms with E-state index >= 15 is 0 Å². The van der Waals surface area contributed by atoms with E-state index < -0.39 is 24.3 Å². The van der Waals surface area contributed by atoms with E-state index in [2.05, 4.69) is 0 Å². The molecule has 0 radical (unpaired) electrons. The second kappa shape index (κ2) is 4.53. The van der Waals surface area contributed by atoms with Crippen molar-refractivity contribution < 1.29 is 28.8 Å². The summed E-state index contributed by atoms with van der Waals surface area (Å²) in [4.78, 5) is 11.1. The summed E-state index contributed by atoms with van der Waals surface area (Å²) in [6.07, 6.45) is -2.20. The zero-order valence-electron chi connectivity index (χ0n) is 10.2. The van der Waals surface area contributed by atoms with Crippen LogP contribution in [0.4, 0.5) is 0 Å². The molecule has 0 unspecified atom stereocenters. The van der Waals surface area contributed by atoms with Gasteiger partial charge in [0.15, 0.2) is 6.10 Å². The molecule has 0 saturated carbocycles. The van der Waals surface area contributed by atoms with E-state index in [4.69, 9.17) is 24.1 Å². The third kappa shape index (κ3) is 2.18. The van der Waals surface area contributed by atoms with Crippen LogP contribution in [0.3, 0.4) is 0 Å². The minimum absolute atomic E-state index is 0.0442. The van der Waals surface area contributed by atoms with Gasteiger partial charge in [0.25, 0.3) is 0 Å². The number of fused-ring (bicyclic) bond motifs is 1. The number of aliphatic carboxylic acids is 1. The molecule has 0 amide bonds. The minimum atomic E-state index is -1.03. The van der Waals surface area contributed by atoms with Gasteiger partial charge < -0.3 is 24.1 Å². The molecule has 2 rings (SSSR count). The monoisotopic (exact) mass is 246 g/mol. The van der Waals surface area contributed by atoms with Gasteiger partial charge in [0, 0.05) is 12.5 Å². The van der Waals surface area contributed by atoms with Crippen molar-refractivity contribution in [1.82, 2.24) is 0 Å². The molecular formula is C11H18O6. The first-order valence-corrected chi connectivity index (χ1v) is 5.58. The normalized spacial score (nSPS) is 40.6. The molecule has 17 heavy (non-hydrogen) atoms. The molecule has 0 aliphatic carbocycles. The summed E-state index contributed by atoms with van der Waals surface area (Å²) < 4.78 is 21.6. The summed E-state index contributed by atoms with van der Waals surface area (Å²) in [6, 6.07) is 0. The maximum atomic E-state index is 11.1. The number of carbonyl (C=O) groups is 1. The summed E-state index contributed by atoms with van der Waals surface area (Å²) >= 11 is 0. The molecule has 1 N–H and O–H groups in total. The van der Waals surface area contributed by atoms with Gasteiger partial charge >= 0.3 is 5.97 Å². The van der Waals surface area contributed by atoms with Gasteiger partial charge in [-0.05, 0) is 0 Å². The van der Waals surface area contributed by atoms with E-state index in [0.717, 1.165) is 0 Å². The molecule has 98 valence electrons. The third-order valence-corrected chi connectivity index (χ3v) is 3.34. The van der Waals surface area contributed by atoms with Crippen LogP contribution in [0, 0.1) is 5.41 Å². The van der Waals surface area contributed by atoms with Crippen molar-refractivity contribution in [3.8, 4) is 0 Å². The second-order valence-corrected chi connectivity index (χ2v) is 5.10. The lowest BCUT2D eigenvalue weighted by atomic mass is 9.79. The predicted octanol–water partition coefficient (Wildman–Crippen LogP) is 0.252. The van der Waals surface area contributed by atoms with Gasteiger partial charge in [-0.2, -0.15) is 0 Å². The van der Waals surface area contributed by atoms with E-state index in [1.807, 2.05) is 13.8 Å². The molecule has 2 heterocycles. The van der Waals surface area contributed by atoms with Crippen molar-refractivity contribution in [2.75, 3.05) is 20.5 Å². The van der Waals surface area contributed by atoms with E-state index in [-0.39, 0.29) is 18.3 Å². The van der Waals surface area contributed by atoms with Crippen LogP contribution in [0.5, 0.6) is 0 Å². The Morgan fingerprint density at radius 3 is 2.59 bits per heavy atom. The lowest BCUT2D eigenvalue weighted by molar-refractivity contribution is -0.304. The Bertz CT molecular complexity index is 302. The first kappa shape index (κ1) is 12.8. The van der Waals surface area contributed by atoms with Crippen LogP contribution in [-0.4, -0.2) is 56.0 Å². The van der Waals surface area contributed by atoms with Gasteiger partial charge in [-0.1, -0.05) is 13.8 Å². The quantitative estimate of drug-likeness (QED) is 0.753. The Hall–Kier alpha value is -0.690. The van der Waals surface area contributed by atoms with Gasteiger partial charge in [0.1, 0.15) is 19.0 Å². The Balaban J connectivity index is 2.21. The van der Waals surface area contributed by atoms with Gasteiger partial charge in [-0.3, -0.25) is 0 Å². The van der Waals surface area contributed by atoms with Crippen molar-refractivity contribution in [2.24, 2.45) is 5.41 Å². The zero-order valence-corrected chi connectivity index (χ0v) is 10.2. The molecule has 2 saturated heterocycles. The predicted molar refractivity (Wildman–Crippen MR) is 56.6 cm³/mol. The molecule has 0 bridgehead atoms. The van der Waals surface area contributed by atoms with Crippen molar-refractivity contribution in [3.05, 3.63) is 0 Å². The largest absolute Gasteiger partial charge is 0.479 e. The van der Waals surface area contributed by atoms with Crippen LogP contribution in [0.25, 0.3) is 0 Å². The number of methoxy groups -OCH3 is 1. The van der Waals surface area contributed by atoms with Crippen LogP contribution in [0.15, 0.2) is 0 Å². The molecular weight excluding hydrogens is 228 g/mol. The Kier molecular flexibility index (Phi) is 3.40. The highest BCUT2D eigenvalue weighted by atomic mass is 16.7. The van der Waals surface area contributed by atoms with Crippen LogP contribution < -0.4 is 0 Å². The SMILES string of the molecule is CO[C@@H]1[C@H]2OCO[C@H](C(=O)O)[C@H]2OCC1(C)C. The summed E-state index contributed by atoms with van der Waals surface area (Å²) in [5, 5.41) is 9.06. The molecule has 0 aromatic carbocycles. The van der Waals surface area contributed by atoms with E-state index in [0.29, 0.717) is 6.61 Å².